The van der Waals surface area contributed by atoms with Gasteiger partial charge in [-0.05, 0) is 31.0 Å². The Balaban J connectivity index is 2.21. The van der Waals surface area contributed by atoms with Gasteiger partial charge in [0.15, 0.2) is 0 Å². The van der Waals surface area contributed by atoms with E-state index in [-0.39, 0.29) is 5.97 Å². The Labute approximate surface area is 126 Å². The third-order valence-electron chi connectivity index (χ3n) is 3.85. The lowest BCUT2D eigenvalue weighted by molar-refractivity contribution is -0.898. The van der Waals surface area contributed by atoms with Crippen molar-refractivity contribution in [3.63, 3.8) is 0 Å². The number of aromatic nitrogens is 1. The molecule has 1 unspecified atom stereocenters. The summed E-state index contributed by atoms with van der Waals surface area (Å²) >= 11 is 0. The van der Waals surface area contributed by atoms with Gasteiger partial charge in [0, 0.05) is 30.4 Å². The number of rotatable bonds is 7. The molecule has 4 heteroatoms. The monoisotopic (exact) mass is 289 g/mol. The van der Waals surface area contributed by atoms with Crippen LogP contribution in [-0.2, 0) is 11.2 Å². The molecule has 0 saturated heterocycles. The van der Waals surface area contributed by atoms with Crippen molar-refractivity contribution in [2.75, 3.05) is 19.6 Å². The third kappa shape index (κ3) is 3.85. The zero-order valence-corrected chi connectivity index (χ0v) is 13.2. The SMILES string of the molecule is CCC[NH+](CC)CCc1c[nH]c2cccc(OC(C)=O)c12. The summed E-state index contributed by atoms with van der Waals surface area (Å²) in [5, 5.41) is 1.04. The normalized spacial score (nSPS) is 12.5. The van der Waals surface area contributed by atoms with Gasteiger partial charge in [-0.1, -0.05) is 13.0 Å². The van der Waals surface area contributed by atoms with E-state index in [0.29, 0.717) is 5.75 Å². The molecule has 0 aliphatic rings. The van der Waals surface area contributed by atoms with Crippen molar-refractivity contribution in [1.29, 1.82) is 0 Å². The van der Waals surface area contributed by atoms with Crippen molar-refractivity contribution in [2.24, 2.45) is 0 Å². The van der Waals surface area contributed by atoms with Gasteiger partial charge < -0.3 is 14.6 Å². The number of hydrogen-bond donors (Lipinski definition) is 2. The maximum absolute atomic E-state index is 11.3. The van der Waals surface area contributed by atoms with Gasteiger partial charge in [-0.15, -0.1) is 0 Å². The van der Waals surface area contributed by atoms with Crippen molar-refractivity contribution in [3.8, 4) is 5.75 Å². The first-order valence-corrected chi connectivity index (χ1v) is 7.76. The largest absolute Gasteiger partial charge is 0.426 e. The fourth-order valence-electron chi connectivity index (χ4n) is 2.80. The Kier molecular flexibility index (Phi) is 5.39. The number of carbonyl (C=O) groups is 1. The molecule has 1 aromatic heterocycles. The Morgan fingerprint density at radius 3 is 2.76 bits per heavy atom. The first kappa shape index (κ1) is 15.6. The fourth-order valence-corrected chi connectivity index (χ4v) is 2.80. The van der Waals surface area contributed by atoms with Crippen molar-refractivity contribution in [2.45, 2.75) is 33.6 Å². The van der Waals surface area contributed by atoms with Crippen molar-refractivity contribution >= 4 is 16.9 Å². The molecule has 0 aliphatic heterocycles. The zero-order valence-electron chi connectivity index (χ0n) is 13.2. The van der Waals surface area contributed by atoms with Crippen LogP contribution in [0, 0.1) is 0 Å². The average Bonchev–Trinajstić information content (AvgIpc) is 2.87. The molecule has 0 bridgehead atoms. The number of ether oxygens (including phenoxy) is 1. The van der Waals surface area contributed by atoms with E-state index in [4.69, 9.17) is 4.74 Å². The molecule has 0 saturated carbocycles. The second-order valence-electron chi connectivity index (χ2n) is 5.44. The molecule has 114 valence electrons. The smallest absolute Gasteiger partial charge is 0.308 e. The summed E-state index contributed by atoms with van der Waals surface area (Å²) in [6.07, 6.45) is 4.23. The van der Waals surface area contributed by atoms with Crippen molar-refractivity contribution < 1.29 is 14.4 Å². The number of nitrogens with one attached hydrogen (secondary N) is 2. The minimum Gasteiger partial charge on any atom is -0.426 e. The molecule has 0 aliphatic carbocycles. The highest BCUT2D eigenvalue weighted by atomic mass is 16.5. The predicted molar refractivity (Wildman–Crippen MR) is 84.8 cm³/mol. The van der Waals surface area contributed by atoms with Crippen LogP contribution < -0.4 is 9.64 Å². The number of likely N-dealkylation sites (N-methyl/N-ethyl adjacent to an activating group) is 1. The summed E-state index contributed by atoms with van der Waals surface area (Å²) in [6, 6.07) is 5.78. The molecule has 1 aromatic carbocycles. The molecular weight excluding hydrogens is 264 g/mol. The molecule has 1 heterocycles. The molecule has 1 atom stereocenters. The van der Waals surface area contributed by atoms with Gasteiger partial charge >= 0.3 is 5.97 Å². The van der Waals surface area contributed by atoms with E-state index < -0.39 is 0 Å². The highest BCUT2D eigenvalue weighted by molar-refractivity contribution is 5.91. The number of carbonyl (C=O) groups excluding carboxylic acids is 1. The first-order valence-electron chi connectivity index (χ1n) is 7.76. The number of hydrogen-bond acceptors (Lipinski definition) is 2. The van der Waals surface area contributed by atoms with Crippen LogP contribution in [0.3, 0.4) is 0 Å². The maximum Gasteiger partial charge on any atom is 0.308 e. The lowest BCUT2D eigenvalue weighted by atomic mass is 10.1. The first-order chi connectivity index (χ1) is 10.2. The van der Waals surface area contributed by atoms with E-state index in [1.54, 1.807) is 4.90 Å². The van der Waals surface area contributed by atoms with Crippen LogP contribution in [0.15, 0.2) is 24.4 Å². The van der Waals surface area contributed by atoms with Gasteiger partial charge in [0.2, 0.25) is 0 Å². The van der Waals surface area contributed by atoms with Gasteiger partial charge in [0.05, 0.1) is 19.6 Å². The van der Waals surface area contributed by atoms with E-state index in [0.717, 1.165) is 30.4 Å². The molecule has 0 radical (unpaired) electrons. The van der Waals surface area contributed by atoms with Gasteiger partial charge in [-0.25, -0.2) is 0 Å². The predicted octanol–water partition coefficient (Wildman–Crippen LogP) is 1.95. The van der Waals surface area contributed by atoms with Crippen LogP contribution in [0.1, 0.15) is 32.8 Å². The summed E-state index contributed by atoms with van der Waals surface area (Å²) in [5.41, 5.74) is 2.25. The number of aromatic amines is 1. The molecule has 0 amide bonds. The average molecular weight is 289 g/mol. The number of esters is 1. The third-order valence-corrected chi connectivity index (χ3v) is 3.85. The molecule has 4 nitrogen and oxygen atoms in total. The Morgan fingerprint density at radius 2 is 2.10 bits per heavy atom. The van der Waals surface area contributed by atoms with Gasteiger partial charge in [-0.2, -0.15) is 0 Å². The Bertz CT molecular complexity index is 604. The van der Waals surface area contributed by atoms with E-state index in [1.165, 1.54) is 25.5 Å². The second kappa shape index (κ2) is 7.27. The number of H-pyrrole nitrogens is 1. The number of quaternary nitrogens is 1. The van der Waals surface area contributed by atoms with Crippen LogP contribution in [0.4, 0.5) is 0 Å². The maximum atomic E-state index is 11.3. The Hall–Kier alpha value is -1.81. The molecule has 0 fully saturated rings. The van der Waals surface area contributed by atoms with Crippen molar-refractivity contribution in [1.82, 2.24) is 4.98 Å². The van der Waals surface area contributed by atoms with Crippen LogP contribution in [0.2, 0.25) is 0 Å². The van der Waals surface area contributed by atoms with Gasteiger partial charge in [-0.3, -0.25) is 4.79 Å². The van der Waals surface area contributed by atoms with E-state index in [2.05, 4.69) is 18.8 Å². The summed E-state index contributed by atoms with van der Waals surface area (Å²) in [6.45, 7) is 9.34. The summed E-state index contributed by atoms with van der Waals surface area (Å²) in [5.74, 6) is 0.381. The molecule has 2 N–H and O–H groups in total. The Morgan fingerprint density at radius 1 is 1.29 bits per heavy atom. The minimum absolute atomic E-state index is 0.276. The highest BCUT2D eigenvalue weighted by Gasteiger charge is 2.13. The molecule has 21 heavy (non-hydrogen) atoms. The standard InChI is InChI=1S/C17H24N2O2/c1-4-10-19(5-2)11-9-14-12-18-15-7-6-8-16(17(14)15)21-13(3)20/h6-8,12,18H,4-5,9-11H2,1-3H3/p+1. The lowest BCUT2D eigenvalue weighted by Crippen LogP contribution is -3.11. The van der Waals surface area contributed by atoms with E-state index in [9.17, 15) is 4.79 Å². The van der Waals surface area contributed by atoms with Crippen LogP contribution >= 0.6 is 0 Å². The number of benzene rings is 1. The van der Waals surface area contributed by atoms with E-state index >= 15 is 0 Å². The van der Waals surface area contributed by atoms with E-state index in [1.807, 2.05) is 24.4 Å². The summed E-state index contributed by atoms with van der Waals surface area (Å²) in [4.78, 5) is 16.1. The molecule has 2 aromatic rings. The highest BCUT2D eigenvalue weighted by Crippen LogP contribution is 2.29. The van der Waals surface area contributed by atoms with Crippen LogP contribution in [-0.4, -0.2) is 30.6 Å². The summed E-state index contributed by atoms with van der Waals surface area (Å²) in [7, 11) is 0. The minimum atomic E-state index is -0.276. The number of fused-ring (bicyclic) bond motifs is 1. The second-order valence-corrected chi connectivity index (χ2v) is 5.44. The zero-order chi connectivity index (χ0) is 15.2. The lowest BCUT2D eigenvalue weighted by Gasteiger charge is -2.16. The quantitative estimate of drug-likeness (QED) is 0.604. The topological polar surface area (TPSA) is 46.5 Å². The fraction of sp³-hybridized carbons (Fsp3) is 0.471. The van der Waals surface area contributed by atoms with Crippen molar-refractivity contribution in [3.05, 3.63) is 30.0 Å². The molecule has 0 spiro atoms. The summed E-state index contributed by atoms with van der Waals surface area (Å²) < 4.78 is 5.34. The molecule has 2 rings (SSSR count). The molecular formula is C17H25N2O2+. The van der Waals surface area contributed by atoms with Gasteiger partial charge in [0.25, 0.3) is 0 Å². The van der Waals surface area contributed by atoms with Crippen LogP contribution in [0.25, 0.3) is 10.9 Å². The van der Waals surface area contributed by atoms with Gasteiger partial charge in [0.1, 0.15) is 5.75 Å². The van der Waals surface area contributed by atoms with Crippen LogP contribution in [0.5, 0.6) is 5.75 Å².